The van der Waals surface area contributed by atoms with Crippen molar-refractivity contribution in [2.24, 2.45) is 0 Å². The Morgan fingerprint density at radius 1 is 1.25 bits per heavy atom. The van der Waals surface area contributed by atoms with E-state index in [0.717, 1.165) is 25.3 Å². The van der Waals surface area contributed by atoms with Gasteiger partial charge in [-0.1, -0.05) is 0 Å². The van der Waals surface area contributed by atoms with E-state index in [4.69, 9.17) is 5.73 Å². The van der Waals surface area contributed by atoms with E-state index in [1.54, 1.807) is 0 Å². The van der Waals surface area contributed by atoms with Gasteiger partial charge in [0.25, 0.3) is 0 Å². The van der Waals surface area contributed by atoms with Crippen molar-refractivity contribution in [1.82, 2.24) is 0 Å². The first-order valence-electron chi connectivity index (χ1n) is 5.20. The summed E-state index contributed by atoms with van der Waals surface area (Å²) in [4.78, 5) is 0. The molecule has 0 aromatic heterocycles. The molecule has 0 radical (unpaired) electrons. The lowest BCUT2D eigenvalue weighted by molar-refractivity contribution is -0.136. The maximum Gasteiger partial charge on any atom is 0.418 e. The quantitative estimate of drug-likeness (QED) is 0.765. The third-order valence-electron chi connectivity index (χ3n) is 2.81. The largest absolute Gasteiger partial charge is 0.418 e. The Hall–Kier alpha value is -1.39. The molecule has 2 rings (SSSR count). The second kappa shape index (κ2) is 3.88. The number of nitrogens with two attached hydrogens (primary N) is 1. The summed E-state index contributed by atoms with van der Waals surface area (Å²) in [5, 5.41) is 2.91. The van der Waals surface area contributed by atoms with Crippen molar-refractivity contribution in [1.29, 1.82) is 0 Å². The van der Waals surface area contributed by atoms with Gasteiger partial charge in [-0.25, -0.2) is 0 Å². The molecule has 0 aliphatic heterocycles. The van der Waals surface area contributed by atoms with Gasteiger partial charge in [-0.3, -0.25) is 0 Å². The Kier molecular flexibility index (Phi) is 2.69. The summed E-state index contributed by atoms with van der Waals surface area (Å²) in [6, 6.07) is 4.03. The number of hydrogen-bond acceptors (Lipinski definition) is 2. The number of nitrogen functional groups attached to an aromatic ring is 1. The second-order valence-electron chi connectivity index (χ2n) is 4.07. The van der Waals surface area contributed by atoms with Gasteiger partial charge < -0.3 is 11.1 Å². The first kappa shape index (κ1) is 11.1. The summed E-state index contributed by atoms with van der Waals surface area (Å²) in [7, 11) is 0. The van der Waals surface area contributed by atoms with Crippen LogP contribution in [0.15, 0.2) is 18.2 Å². The lowest BCUT2D eigenvalue weighted by Gasteiger charge is -2.29. The highest BCUT2D eigenvalue weighted by molar-refractivity contribution is 5.59. The van der Waals surface area contributed by atoms with Gasteiger partial charge in [0.05, 0.1) is 5.56 Å². The van der Waals surface area contributed by atoms with Gasteiger partial charge >= 0.3 is 6.18 Å². The van der Waals surface area contributed by atoms with Gasteiger partial charge in [0, 0.05) is 17.4 Å². The zero-order valence-corrected chi connectivity index (χ0v) is 8.64. The number of benzene rings is 1. The lowest BCUT2D eigenvalue weighted by atomic mass is 9.92. The molecule has 0 saturated heterocycles. The van der Waals surface area contributed by atoms with Crippen molar-refractivity contribution in [2.45, 2.75) is 31.5 Å². The van der Waals surface area contributed by atoms with Crippen molar-refractivity contribution in [3.63, 3.8) is 0 Å². The minimum atomic E-state index is -4.36. The van der Waals surface area contributed by atoms with Gasteiger partial charge in [-0.2, -0.15) is 13.2 Å². The zero-order valence-electron chi connectivity index (χ0n) is 8.64. The summed E-state index contributed by atoms with van der Waals surface area (Å²) < 4.78 is 38.1. The average molecular weight is 230 g/mol. The van der Waals surface area contributed by atoms with E-state index in [1.165, 1.54) is 12.1 Å². The van der Waals surface area contributed by atoms with Crippen molar-refractivity contribution in [3.8, 4) is 0 Å². The van der Waals surface area contributed by atoms with Crippen LogP contribution in [0.25, 0.3) is 0 Å². The van der Waals surface area contributed by atoms with E-state index < -0.39 is 11.7 Å². The number of rotatable bonds is 2. The summed E-state index contributed by atoms with van der Waals surface area (Å²) in [6.45, 7) is 0. The van der Waals surface area contributed by atoms with E-state index in [2.05, 4.69) is 5.32 Å². The normalized spacial score (nSPS) is 16.9. The number of hydrogen-bond donors (Lipinski definition) is 2. The van der Waals surface area contributed by atoms with Crippen molar-refractivity contribution >= 4 is 11.4 Å². The SMILES string of the molecule is Nc1ccc(NC2CCC2)c(C(F)(F)F)c1. The van der Waals surface area contributed by atoms with Gasteiger partial charge in [0.2, 0.25) is 0 Å². The van der Waals surface area contributed by atoms with Crippen LogP contribution in [0.2, 0.25) is 0 Å². The van der Waals surface area contributed by atoms with Crippen LogP contribution in [-0.4, -0.2) is 6.04 Å². The molecule has 1 saturated carbocycles. The zero-order chi connectivity index (χ0) is 11.8. The van der Waals surface area contributed by atoms with E-state index in [-0.39, 0.29) is 17.4 Å². The minimum absolute atomic E-state index is 0.131. The Morgan fingerprint density at radius 2 is 1.94 bits per heavy atom. The highest BCUT2D eigenvalue weighted by atomic mass is 19.4. The first-order chi connectivity index (χ1) is 7.47. The topological polar surface area (TPSA) is 38.0 Å². The molecule has 0 heterocycles. The standard InChI is InChI=1S/C11H13F3N2/c12-11(13,14)9-6-7(15)4-5-10(9)16-8-2-1-3-8/h4-6,8,16H,1-3,15H2. The molecule has 0 atom stereocenters. The van der Waals surface area contributed by atoms with Gasteiger partial charge in [0.15, 0.2) is 0 Å². The van der Waals surface area contributed by atoms with Gasteiger partial charge in [-0.05, 0) is 37.5 Å². The summed E-state index contributed by atoms with van der Waals surface area (Å²) in [5.41, 5.74) is 4.95. The molecular formula is C11H13F3N2. The molecule has 0 unspecified atom stereocenters. The molecule has 1 aliphatic carbocycles. The molecule has 5 heteroatoms. The van der Waals surface area contributed by atoms with E-state index in [1.807, 2.05) is 0 Å². The van der Waals surface area contributed by atoms with E-state index in [9.17, 15) is 13.2 Å². The first-order valence-corrected chi connectivity index (χ1v) is 5.20. The van der Waals surface area contributed by atoms with Crippen LogP contribution in [0.5, 0.6) is 0 Å². The third-order valence-corrected chi connectivity index (χ3v) is 2.81. The Bertz CT molecular complexity index is 383. The Morgan fingerprint density at radius 3 is 2.44 bits per heavy atom. The maximum absolute atomic E-state index is 12.7. The fourth-order valence-corrected chi connectivity index (χ4v) is 1.69. The predicted octanol–water partition coefficient (Wildman–Crippen LogP) is 3.25. The van der Waals surface area contributed by atoms with Crippen LogP contribution >= 0.6 is 0 Å². The monoisotopic (exact) mass is 230 g/mol. The molecule has 3 N–H and O–H groups in total. The van der Waals surface area contributed by atoms with E-state index in [0.29, 0.717) is 0 Å². The van der Waals surface area contributed by atoms with Gasteiger partial charge in [-0.15, -0.1) is 0 Å². The van der Waals surface area contributed by atoms with Crippen molar-refractivity contribution in [2.75, 3.05) is 11.1 Å². The van der Waals surface area contributed by atoms with Crippen LogP contribution in [0, 0.1) is 0 Å². The number of nitrogens with one attached hydrogen (secondary N) is 1. The molecule has 0 spiro atoms. The smallest absolute Gasteiger partial charge is 0.399 e. The molecule has 16 heavy (non-hydrogen) atoms. The Balaban J connectivity index is 2.28. The molecule has 1 aromatic carbocycles. The number of alkyl halides is 3. The molecule has 88 valence electrons. The van der Waals surface area contributed by atoms with E-state index >= 15 is 0 Å². The summed E-state index contributed by atoms with van der Waals surface area (Å²) in [5.74, 6) is 0. The predicted molar refractivity (Wildman–Crippen MR) is 57.1 cm³/mol. The fourth-order valence-electron chi connectivity index (χ4n) is 1.69. The van der Waals surface area contributed by atoms with Gasteiger partial charge in [0.1, 0.15) is 0 Å². The number of halogens is 3. The second-order valence-corrected chi connectivity index (χ2v) is 4.07. The molecule has 1 aromatic rings. The maximum atomic E-state index is 12.7. The molecule has 0 bridgehead atoms. The van der Waals surface area contributed by atoms with Crippen LogP contribution in [-0.2, 0) is 6.18 Å². The lowest BCUT2D eigenvalue weighted by Crippen LogP contribution is -2.28. The molecule has 2 nitrogen and oxygen atoms in total. The highest BCUT2D eigenvalue weighted by Gasteiger charge is 2.34. The van der Waals surface area contributed by atoms with Crippen LogP contribution in [0.3, 0.4) is 0 Å². The average Bonchev–Trinajstić information content (AvgIpc) is 2.11. The summed E-state index contributed by atoms with van der Waals surface area (Å²) >= 11 is 0. The summed E-state index contributed by atoms with van der Waals surface area (Å²) in [6.07, 6.45) is -1.42. The van der Waals surface area contributed by atoms with Crippen LogP contribution in [0.4, 0.5) is 24.5 Å². The minimum Gasteiger partial charge on any atom is -0.399 e. The molecular weight excluding hydrogens is 217 g/mol. The van der Waals surface area contributed by atoms with Crippen molar-refractivity contribution in [3.05, 3.63) is 23.8 Å². The molecule has 1 aliphatic rings. The highest BCUT2D eigenvalue weighted by Crippen LogP contribution is 2.37. The van der Waals surface area contributed by atoms with Crippen LogP contribution in [0.1, 0.15) is 24.8 Å². The Labute approximate surface area is 91.6 Å². The van der Waals surface area contributed by atoms with Crippen LogP contribution < -0.4 is 11.1 Å². The van der Waals surface area contributed by atoms with Crippen molar-refractivity contribution < 1.29 is 13.2 Å². The molecule has 0 amide bonds. The fraction of sp³-hybridized carbons (Fsp3) is 0.455. The molecule has 1 fully saturated rings. The third kappa shape index (κ3) is 2.23. The number of anilines is 2.